The SMILES string of the molecule is CC(=O)c1ccc(NC(=O)O[C@H](c2cccc(OCCO)c2)[C@H](C)CC/C=C/C(=O)O)cc1. The van der Waals surface area contributed by atoms with Gasteiger partial charge in [-0.2, -0.15) is 0 Å². The molecule has 3 N–H and O–H groups in total. The lowest BCUT2D eigenvalue weighted by Crippen LogP contribution is -2.22. The molecule has 2 aromatic carbocycles. The molecule has 0 aliphatic rings. The van der Waals surface area contributed by atoms with Gasteiger partial charge in [0, 0.05) is 17.3 Å². The Labute approximate surface area is 192 Å². The fourth-order valence-corrected chi connectivity index (χ4v) is 3.20. The van der Waals surface area contributed by atoms with Crippen LogP contribution in [0.3, 0.4) is 0 Å². The maximum atomic E-state index is 12.6. The van der Waals surface area contributed by atoms with Crippen LogP contribution in [0.1, 0.15) is 48.7 Å². The Kier molecular flexibility index (Phi) is 10.1. The van der Waals surface area contributed by atoms with E-state index in [1.807, 2.05) is 13.0 Å². The molecule has 0 spiro atoms. The van der Waals surface area contributed by atoms with E-state index in [2.05, 4.69) is 5.32 Å². The molecule has 0 aliphatic heterocycles. The zero-order valence-electron chi connectivity index (χ0n) is 18.7. The number of aliphatic hydroxyl groups excluding tert-OH is 1. The van der Waals surface area contributed by atoms with E-state index in [1.165, 1.54) is 6.92 Å². The maximum absolute atomic E-state index is 12.6. The molecule has 8 heteroatoms. The number of carbonyl (C=O) groups excluding carboxylic acids is 2. The van der Waals surface area contributed by atoms with Crippen molar-refractivity contribution in [3.8, 4) is 5.75 Å². The molecule has 2 atom stereocenters. The van der Waals surface area contributed by atoms with Crippen LogP contribution < -0.4 is 10.1 Å². The van der Waals surface area contributed by atoms with Gasteiger partial charge in [-0.05, 0) is 67.6 Å². The maximum Gasteiger partial charge on any atom is 0.412 e. The number of ether oxygens (including phenoxy) is 2. The van der Waals surface area contributed by atoms with Gasteiger partial charge in [-0.15, -0.1) is 0 Å². The van der Waals surface area contributed by atoms with Crippen molar-refractivity contribution in [3.05, 3.63) is 71.8 Å². The summed E-state index contributed by atoms with van der Waals surface area (Å²) in [6, 6.07) is 13.6. The first-order valence-corrected chi connectivity index (χ1v) is 10.6. The van der Waals surface area contributed by atoms with E-state index in [-0.39, 0.29) is 24.9 Å². The highest BCUT2D eigenvalue weighted by Gasteiger charge is 2.24. The molecular formula is C25H29NO7. The first kappa shape index (κ1) is 25.6. The number of nitrogens with one attached hydrogen (secondary N) is 1. The topological polar surface area (TPSA) is 122 Å². The van der Waals surface area contributed by atoms with Crippen LogP contribution >= 0.6 is 0 Å². The van der Waals surface area contributed by atoms with Crippen LogP contribution in [0.4, 0.5) is 10.5 Å². The van der Waals surface area contributed by atoms with Gasteiger partial charge in [-0.1, -0.05) is 25.1 Å². The predicted octanol–water partition coefficient (Wildman–Crippen LogP) is 4.61. The number of aliphatic hydroxyl groups is 1. The van der Waals surface area contributed by atoms with E-state index in [0.717, 1.165) is 6.08 Å². The number of benzene rings is 2. The second-order valence-electron chi connectivity index (χ2n) is 7.52. The summed E-state index contributed by atoms with van der Waals surface area (Å²) in [6.45, 7) is 3.39. The highest BCUT2D eigenvalue weighted by Crippen LogP contribution is 2.32. The lowest BCUT2D eigenvalue weighted by Gasteiger charge is -2.25. The minimum Gasteiger partial charge on any atom is -0.491 e. The fourth-order valence-electron chi connectivity index (χ4n) is 3.20. The van der Waals surface area contributed by atoms with Crippen molar-refractivity contribution in [1.29, 1.82) is 0 Å². The molecule has 2 rings (SSSR count). The van der Waals surface area contributed by atoms with E-state index in [0.29, 0.717) is 35.4 Å². The molecule has 33 heavy (non-hydrogen) atoms. The summed E-state index contributed by atoms with van der Waals surface area (Å²) in [7, 11) is 0. The number of hydrogen-bond donors (Lipinski definition) is 3. The molecule has 0 saturated carbocycles. The number of hydrogen-bond acceptors (Lipinski definition) is 6. The zero-order chi connectivity index (χ0) is 24.2. The molecule has 1 amide bonds. The summed E-state index contributed by atoms with van der Waals surface area (Å²) < 4.78 is 11.2. The normalized spacial score (nSPS) is 12.7. The zero-order valence-corrected chi connectivity index (χ0v) is 18.7. The molecule has 0 bridgehead atoms. The minimum absolute atomic E-state index is 0.0711. The van der Waals surface area contributed by atoms with Crippen LogP contribution in [-0.2, 0) is 9.53 Å². The van der Waals surface area contributed by atoms with Crippen LogP contribution in [0.25, 0.3) is 0 Å². The lowest BCUT2D eigenvalue weighted by atomic mass is 9.93. The standard InChI is InChI=1S/C25H29NO7/c1-17(6-3-4-9-23(29)30)24(20-7-5-8-22(16-20)32-15-14-27)33-25(31)26-21-12-10-19(11-13-21)18(2)28/h4-5,7-13,16-17,24,27H,3,6,14-15H2,1-2H3,(H,26,31)(H,29,30)/b9-4+/t17-,24+/m1/s1. The smallest absolute Gasteiger partial charge is 0.412 e. The quantitative estimate of drug-likeness (QED) is 0.316. The van der Waals surface area contributed by atoms with Crippen LogP contribution in [0.2, 0.25) is 0 Å². The number of Topliss-reactive ketones (excluding diaryl/α,β-unsaturated/α-hetero) is 1. The van der Waals surface area contributed by atoms with Crippen molar-refractivity contribution >= 4 is 23.5 Å². The number of rotatable bonds is 12. The number of amides is 1. The Hall–Kier alpha value is -3.65. The number of carboxylic acid groups (broad SMARTS) is 1. The van der Waals surface area contributed by atoms with Crippen molar-refractivity contribution < 1.29 is 34.1 Å². The van der Waals surface area contributed by atoms with E-state index in [4.69, 9.17) is 19.7 Å². The summed E-state index contributed by atoms with van der Waals surface area (Å²) >= 11 is 0. The number of aliphatic carboxylic acids is 1. The Morgan fingerprint density at radius 3 is 2.48 bits per heavy atom. The highest BCUT2D eigenvalue weighted by molar-refractivity contribution is 5.95. The average Bonchev–Trinajstić information content (AvgIpc) is 2.79. The van der Waals surface area contributed by atoms with Crippen molar-refractivity contribution in [2.75, 3.05) is 18.5 Å². The fraction of sp³-hybridized carbons (Fsp3) is 0.320. The summed E-state index contributed by atoms with van der Waals surface area (Å²) in [5.74, 6) is -0.687. The first-order chi connectivity index (χ1) is 15.8. The van der Waals surface area contributed by atoms with Crippen molar-refractivity contribution in [3.63, 3.8) is 0 Å². The molecule has 0 aromatic heterocycles. The second kappa shape index (κ2) is 13.0. The van der Waals surface area contributed by atoms with Crippen molar-refractivity contribution in [1.82, 2.24) is 0 Å². The number of carbonyl (C=O) groups is 3. The summed E-state index contributed by atoms with van der Waals surface area (Å²) in [5.41, 5.74) is 1.73. The third-order valence-electron chi connectivity index (χ3n) is 4.88. The molecule has 0 aliphatic carbocycles. The third kappa shape index (κ3) is 8.78. The molecule has 2 aromatic rings. The van der Waals surface area contributed by atoms with E-state index >= 15 is 0 Å². The largest absolute Gasteiger partial charge is 0.491 e. The molecule has 0 saturated heterocycles. The summed E-state index contributed by atoms with van der Waals surface area (Å²) in [6.07, 6.45) is 2.44. The lowest BCUT2D eigenvalue weighted by molar-refractivity contribution is -0.131. The average molecular weight is 456 g/mol. The van der Waals surface area contributed by atoms with Gasteiger partial charge >= 0.3 is 12.1 Å². The van der Waals surface area contributed by atoms with Gasteiger partial charge in [0.05, 0.1) is 6.61 Å². The molecule has 8 nitrogen and oxygen atoms in total. The van der Waals surface area contributed by atoms with E-state index < -0.39 is 18.2 Å². The predicted molar refractivity (Wildman–Crippen MR) is 123 cm³/mol. The molecule has 176 valence electrons. The minimum atomic E-state index is -1.01. The van der Waals surface area contributed by atoms with Crippen LogP contribution in [-0.4, -0.2) is 41.3 Å². The third-order valence-corrected chi connectivity index (χ3v) is 4.88. The van der Waals surface area contributed by atoms with Gasteiger partial charge in [0.1, 0.15) is 18.5 Å². The molecule has 0 heterocycles. The van der Waals surface area contributed by atoms with E-state index in [1.54, 1.807) is 48.5 Å². The van der Waals surface area contributed by atoms with Crippen LogP contribution in [0.15, 0.2) is 60.7 Å². The van der Waals surface area contributed by atoms with Gasteiger partial charge < -0.3 is 19.7 Å². The van der Waals surface area contributed by atoms with Crippen LogP contribution in [0, 0.1) is 5.92 Å². The monoisotopic (exact) mass is 455 g/mol. The van der Waals surface area contributed by atoms with Gasteiger partial charge in [0.15, 0.2) is 5.78 Å². The number of carboxylic acids is 1. The highest BCUT2D eigenvalue weighted by atomic mass is 16.6. The number of allylic oxidation sites excluding steroid dienone is 1. The van der Waals surface area contributed by atoms with Gasteiger partial charge in [-0.3, -0.25) is 10.1 Å². The molecular weight excluding hydrogens is 426 g/mol. The van der Waals surface area contributed by atoms with Gasteiger partial charge in [-0.25, -0.2) is 9.59 Å². The number of ketones is 1. The van der Waals surface area contributed by atoms with Crippen molar-refractivity contribution in [2.45, 2.75) is 32.8 Å². The Bertz CT molecular complexity index is 969. The summed E-state index contributed by atoms with van der Waals surface area (Å²) in [4.78, 5) is 34.7. The molecule has 0 unspecified atom stereocenters. The number of anilines is 1. The Morgan fingerprint density at radius 1 is 1.12 bits per heavy atom. The second-order valence-corrected chi connectivity index (χ2v) is 7.52. The van der Waals surface area contributed by atoms with E-state index in [9.17, 15) is 14.4 Å². The molecule has 0 fully saturated rings. The molecule has 0 radical (unpaired) electrons. The summed E-state index contributed by atoms with van der Waals surface area (Å²) in [5, 5.41) is 20.4. The van der Waals surface area contributed by atoms with Gasteiger partial charge in [0.2, 0.25) is 0 Å². The van der Waals surface area contributed by atoms with Crippen molar-refractivity contribution in [2.24, 2.45) is 5.92 Å². The first-order valence-electron chi connectivity index (χ1n) is 10.6. The van der Waals surface area contributed by atoms with Gasteiger partial charge in [0.25, 0.3) is 0 Å². The van der Waals surface area contributed by atoms with Crippen LogP contribution in [0.5, 0.6) is 5.75 Å². The Morgan fingerprint density at radius 2 is 1.85 bits per heavy atom. The Balaban J connectivity index is 2.16.